The summed E-state index contributed by atoms with van der Waals surface area (Å²) in [5, 5.41) is 1.33. The van der Waals surface area contributed by atoms with Crippen molar-refractivity contribution in [3.63, 3.8) is 0 Å². The van der Waals surface area contributed by atoms with Gasteiger partial charge in [0.05, 0.1) is 18.5 Å². The first kappa shape index (κ1) is 20.1. The Balaban J connectivity index is 1.42. The molecular formula is C21H22ClN3O3S. The molecule has 152 valence electrons. The first-order chi connectivity index (χ1) is 13.9. The van der Waals surface area contributed by atoms with Gasteiger partial charge in [-0.05, 0) is 37.1 Å². The minimum absolute atomic E-state index is 0.0357. The lowest BCUT2D eigenvalue weighted by Gasteiger charge is -2.33. The quantitative estimate of drug-likeness (QED) is 0.682. The van der Waals surface area contributed by atoms with Crippen LogP contribution in [0.3, 0.4) is 0 Å². The van der Waals surface area contributed by atoms with Crippen LogP contribution < -0.4 is 5.56 Å². The van der Waals surface area contributed by atoms with E-state index in [4.69, 9.17) is 16.3 Å². The van der Waals surface area contributed by atoms with Gasteiger partial charge in [-0.2, -0.15) is 0 Å². The lowest BCUT2D eigenvalue weighted by molar-refractivity contribution is -0.139. The summed E-state index contributed by atoms with van der Waals surface area (Å²) in [7, 11) is 0. The fourth-order valence-corrected chi connectivity index (χ4v) is 4.73. The Kier molecular flexibility index (Phi) is 5.72. The van der Waals surface area contributed by atoms with E-state index in [-0.39, 0.29) is 17.6 Å². The number of halogens is 1. The molecule has 3 aromatic rings. The highest BCUT2D eigenvalue weighted by Crippen LogP contribution is 2.26. The lowest BCUT2D eigenvalue weighted by Crippen LogP contribution is -2.42. The highest BCUT2D eigenvalue weighted by molar-refractivity contribution is 7.18. The van der Waals surface area contributed by atoms with Crippen LogP contribution in [0.5, 0.6) is 0 Å². The van der Waals surface area contributed by atoms with Crippen molar-refractivity contribution in [2.24, 2.45) is 0 Å². The van der Waals surface area contributed by atoms with Crippen molar-refractivity contribution >= 4 is 39.1 Å². The van der Waals surface area contributed by atoms with Crippen LogP contribution >= 0.6 is 22.9 Å². The average molecular weight is 432 g/mol. The third kappa shape index (κ3) is 4.22. The number of morpholine rings is 1. The summed E-state index contributed by atoms with van der Waals surface area (Å²) in [6.07, 6.45) is 0.546. The predicted octanol–water partition coefficient (Wildman–Crippen LogP) is 3.79. The molecule has 1 fully saturated rings. The number of aryl methyl sites for hydroxylation is 3. The van der Waals surface area contributed by atoms with E-state index in [0.717, 1.165) is 20.8 Å². The SMILES string of the molecule is Cc1sc2nc(CCC(=O)N3CCOC(c4ccc(Cl)cc4)C3)[nH]c(=O)c2c1C. The minimum atomic E-state index is -0.156. The summed E-state index contributed by atoms with van der Waals surface area (Å²) in [5.41, 5.74) is 1.85. The normalized spacial score (nSPS) is 17.1. The molecule has 0 bridgehead atoms. The Morgan fingerprint density at radius 3 is 2.86 bits per heavy atom. The maximum atomic E-state index is 12.7. The Morgan fingerprint density at radius 2 is 2.10 bits per heavy atom. The molecule has 0 radical (unpaired) electrons. The second-order valence-electron chi connectivity index (χ2n) is 7.23. The molecule has 6 nitrogen and oxygen atoms in total. The number of carbonyl (C=O) groups excluding carboxylic acids is 1. The molecule has 0 saturated carbocycles. The molecular weight excluding hydrogens is 410 g/mol. The molecule has 8 heteroatoms. The monoisotopic (exact) mass is 431 g/mol. The number of fused-ring (bicyclic) bond motifs is 1. The zero-order chi connectivity index (χ0) is 20.5. The summed E-state index contributed by atoms with van der Waals surface area (Å²) < 4.78 is 5.83. The van der Waals surface area contributed by atoms with E-state index < -0.39 is 0 Å². The summed E-state index contributed by atoms with van der Waals surface area (Å²) in [6.45, 7) is 5.49. The smallest absolute Gasteiger partial charge is 0.259 e. The molecule has 0 spiro atoms. The topological polar surface area (TPSA) is 75.3 Å². The molecule has 1 amide bonds. The van der Waals surface area contributed by atoms with E-state index in [0.29, 0.717) is 48.8 Å². The van der Waals surface area contributed by atoms with Gasteiger partial charge in [-0.1, -0.05) is 23.7 Å². The minimum Gasteiger partial charge on any atom is -0.370 e. The van der Waals surface area contributed by atoms with Crippen LogP contribution in [0, 0.1) is 13.8 Å². The molecule has 1 aliphatic heterocycles. The van der Waals surface area contributed by atoms with Gasteiger partial charge in [-0.25, -0.2) is 4.98 Å². The molecule has 2 aromatic heterocycles. The van der Waals surface area contributed by atoms with E-state index in [9.17, 15) is 9.59 Å². The van der Waals surface area contributed by atoms with Crippen LogP contribution in [0.25, 0.3) is 10.2 Å². The Hall–Kier alpha value is -2.22. The van der Waals surface area contributed by atoms with Gasteiger partial charge in [0.15, 0.2) is 0 Å². The molecule has 1 unspecified atom stereocenters. The fraction of sp³-hybridized carbons (Fsp3) is 0.381. The summed E-state index contributed by atoms with van der Waals surface area (Å²) in [5.74, 6) is 0.591. The first-order valence-electron chi connectivity index (χ1n) is 9.56. The number of nitrogens with one attached hydrogen (secondary N) is 1. The largest absolute Gasteiger partial charge is 0.370 e. The number of carbonyl (C=O) groups is 1. The van der Waals surface area contributed by atoms with Crippen LogP contribution in [0.15, 0.2) is 29.1 Å². The number of amides is 1. The predicted molar refractivity (Wildman–Crippen MR) is 115 cm³/mol. The molecule has 1 aromatic carbocycles. The van der Waals surface area contributed by atoms with E-state index >= 15 is 0 Å². The van der Waals surface area contributed by atoms with Crippen LogP contribution in [-0.2, 0) is 16.0 Å². The van der Waals surface area contributed by atoms with Crippen LogP contribution in [0.2, 0.25) is 5.02 Å². The molecule has 1 atom stereocenters. The Bertz CT molecular complexity index is 1110. The number of hydrogen-bond acceptors (Lipinski definition) is 5. The van der Waals surface area contributed by atoms with Crippen LogP contribution in [-0.4, -0.2) is 40.5 Å². The number of aromatic amines is 1. The second kappa shape index (κ2) is 8.26. The van der Waals surface area contributed by atoms with Gasteiger partial charge in [0.1, 0.15) is 16.8 Å². The van der Waals surface area contributed by atoms with E-state index in [1.807, 2.05) is 43.0 Å². The summed E-state index contributed by atoms with van der Waals surface area (Å²) in [4.78, 5) is 36.2. The maximum absolute atomic E-state index is 12.7. The van der Waals surface area contributed by atoms with Crippen LogP contribution in [0.4, 0.5) is 0 Å². The van der Waals surface area contributed by atoms with Crippen molar-refractivity contribution < 1.29 is 9.53 Å². The molecule has 29 heavy (non-hydrogen) atoms. The summed E-state index contributed by atoms with van der Waals surface area (Å²) >= 11 is 7.47. The molecule has 1 aliphatic rings. The van der Waals surface area contributed by atoms with Gasteiger partial charge in [-0.15, -0.1) is 11.3 Å². The number of thiophene rings is 1. The number of ether oxygens (including phenoxy) is 1. The zero-order valence-corrected chi connectivity index (χ0v) is 17.9. The number of H-pyrrole nitrogens is 1. The number of rotatable bonds is 4. The van der Waals surface area contributed by atoms with Gasteiger partial charge in [0.2, 0.25) is 5.91 Å². The van der Waals surface area contributed by atoms with Gasteiger partial charge < -0.3 is 14.6 Å². The molecule has 1 saturated heterocycles. The van der Waals surface area contributed by atoms with Crippen molar-refractivity contribution in [1.82, 2.24) is 14.9 Å². The van der Waals surface area contributed by atoms with Crippen molar-refractivity contribution in [3.05, 3.63) is 61.5 Å². The van der Waals surface area contributed by atoms with E-state index in [1.165, 1.54) is 11.3 Å². The number of nitrogens with zero attached hydrogens (tertiary/aromatic N) is 2. The van der Waals surface area contributed by atoms with E-state index in [1.54, 1.807) is 0 Å². The van der Waals surface area contributed by atoms with Gasteiger partial charge >= 0.3 is 0 Å². The van der Waals surface area contributed by atoms with Crippen LogP contribution in [0.1, 0.15) is 34.4 Å². The zero-order valence-electron chi connectivity index (χ0n) is 16.3. The standard InChI is InChI=1S/C21H22ClN3O3S/c1-12-13(2)29-21-19(12)20(27)23-17(24-21)7-8-18(26)25-9-10-28-16(11-25)14-3-5-15(22)6-4-14/h3-6,16H,7-11H2,1-2H3,(H,23,24,27). The highest BCUT2D eigenvalue weighted by atomic mass is 35.5. The van der Waals surface area contributed by atoms with Gasteiger partial charge in [-0.3, -0.25) is 9.59 Å². The first-order valence-corrected chi connectivity index (χ1v) is 10.8. The van der Waals surface area contributed by atoms with Gasteiger partial charge in [0.25, 0.3) is 5.56 Å². The highest BCUT2D eigenvalue weighted by Gasteiger charge is 2.25. The summed E-state index contributed by atoms with van der Waals surface area (Å²) in [6, 6.07) is 7.51. The third-order valence-corrected chi connectivity index (χ3v) is 6.68. The van der Waals surface area contributed by atoms with Crippen molar-refractivity contribution in [2.75, 3.05) is 19.7 Å². The molecule has 1 N–H and O–H groups in total. The number of aromatic nitrogens is 2. The van der Waals surface area contributed by atoms with Crippen molar-refractivity contribution in [2.45, 2.75) is 32.8 Å². The second-order valence-corrected chi connectivity index (χ2v) is 8.87. The average Bonchev–Trinajstić information content (AvgIpc) is 3.01. The molecule has 4 rings (SSSR count). The molecule has 0 aliphatic carbocycles. The Labute approximate surface area is 177 Å². The van der Waals surface area contributed by atoms with Gasteiger partial charge in [0, 0.05) is 29.3 Å². The van der Waals surface area contributed by atoms with Crippen molar-refractivity contribution in [3.8, 4) is 0 Å². The Morgan fingerprint density at radius 1 is 1.34 bits per heavy atom. The third-order valence-electron chi connectivity index (χ3n) is 5.32. The fourth-order valence-electron chi connectivity index (χ4n) is 3.56. The number of benzene rings is 1. The van der Waals surface area contributed by atoms with E-state index in [2.05, 4.69) is 9.97 Å². The van der Waals surface area contributed by atoms with Crippen molar-refractivity contribution in [1.29, 1.82) is 0 Å². The maximum Gasteiger partial charge on any atom is 0.259 e. The number of hydrogen-bond donors (Lipinski definition) is 1. The molecule has 3 heterocycles. The lowest BCUT2D eigenvalue weighted by atomic mass is 10.1.